The second-order valence-corrected chi connectivity index (χ2v) is 3.02. The second kappa shape index (κ2) is 6.21. The van der Waals surface area contributed by atoms with E-state index in [2.05, 4.69) is 11.3 Å². The van der Waals surface area contributed by atoms with Gasteiger partial charge in [-0.1, -0.05) is 6.58 Å². The van der Waals surface area contributed by atoms with Crippen LogP contribution in [0.4, 0.5) is 0 Å². The van der Waals surface area contributed by atoms with Crippen molar-refractivity contribution in [2.45, 2.75) is 13.3 Å². The van der Waals surface area contributed by atoms with Crippen LogP contribution in [0.5, 0.6) is 0 Å². The van der Waals surface area contributed by atoms with Crippen LogP contribution in [0.1, 0.15) is 13.3 Å². The molecule has 1 heterocycles. The molecular formula is C10H10O7. The molecule has 1 aliphatic heterocycles. The van der Waals surface area contributed by atoms with Gasteiger partial charge >= 0.3 is 23.9 Å². The van der Waals surface area contributed by atoms with E-state index in [1.165, 1.54) is 13.0 Å². The highest BCUT2D eigenvalue weighted by Crippen LogP contribution is 2.04. The molecule has 0 aromatic carbocycles. The minimum atomic E-state index is -1.27. The topological polar surface area (TPSA) is 118 Å². The molecule has 0 bridgehead atoms. The number of carboxylic acid groups (broad SMARTS) is 2. The Kier molecular flexibility index (Phi) is 5.32. The Bertz CT molecular complexity index is 416. The van der Waals surface area contributed by atoms with Gasteiger partial charge in [-0.25, -0.2) is 14.4 Å². The Hall–Kier alpha value is -2.44. The minimum Gasteiger partial charge on any atom is -0.481 e. The molecule has 0 saturated heterocycles. The van der Waals surface area contributed by atoms with Gasteiger partial charge in [-0.2, -0.15) is 0 Å². The van der Waals surface area contributed by atoms with Crippen LogP contribution in [0, 0.1) is 0 Å². The molecule has 0 aliphatic carbocycles. The lowest BCUT2D eigenvalue weighted by Crippen LogP contribution is -2.04. The van der Waals surface area contributed by atoms with Crippen LogP contribution < -0.4 is 0 Å². The Balaban J connectivity index is 0.000000302. The molecule has 7 heteroatoms. The Labute approximate surface area is 96.0 Å². The lowest BCUT2D eigenvalue weighted by Gasteiger charge is -1.91. The van der Waals surface area contributed by atoms with Gasteiger partial charge in [0.25, 0.3) is 0 Å². The molecule has 1 aliphatic rings. The van der Waals surface area contributed by atoms with E-state index in [1.807, 2.05) is 0 Å². The van der Waals surface area contributed by atoms with Crippen molar-refractivity contribution in [3.63, 3.8) is 0 Å². The lowest BCUT2D eigenvalue weighted by molar-refractivity contribution is -0.150. The number of rotatable bonds is 3. The number of hydrogen-bond acceptors (Lipinski definition) is 5. The molecule has 0 unspecified atom stereocenters. The zero-order chi connectivity index (χ0) is 13.6. The fourth-order valence-electron chi connectivity index (χ4n) is 0.695. The summed E-state index contributed by atoms with van der Waals surface area (Å²) in [5, 5.41) is 16.1. The molecule has 0 aromatic rings. The van der Waals surface area contributed by atoms with E-state index in [0.717, 1.165) is 0 Å². The quantitative estimate of drug-likeness (QED) is 0.409. The number of carbonyl (C=O) groups is 4. The van der Waals surface area contributed by atoms with E-state index in [0.29, 0.717) is 5.57 Å². The highest BCUT2D eigenvalue weighted by atomic mass is 16.6. The van der Waals surface area contributed by atoms with Gasteiger partial charge in [0, 0.05) is 17.2 Å². The van der Waals surface area contributed by atoms with E-state index < -0.39 is 30.3 Å². The van der Waals surface area contributed by atoms with Crippen LogP contribution in [0.25, 0.3) is 0 Å². The number of esters is 2. The molecule has 0 atom stereocenters. The van der Waals surface area contributed by atoms with Crippen LogP contribution in [0.2, 0.25) is 0 Å². The Morgan fingerprint density at radius 3 is 2.00 bits per heavy atom. The Morgan fingerprint density at radius 2 is 1.88 bits per heavy atom. The summed E-state index contributed by atoms with van der Waals surface area (Å²) >= 11 is 0. The SMILES string of the molecule is C=C(CC(=O)O)C(=O)O.CC1=CC(=O)OC1=O. The van der Waals surface area contributed by atoms with Gasteiger partial charge in [0.1, 0.15) is 0 Å². The summed E-state index contributed by atoms with van der Waals surface area (Å²) in [6, 6.07) is 0. The van der Waals surface area contributed by atoms with Crippen LogP contribution in [-0.4, -0.2) is 34.1 Å². The largest absolute Gasteiger partial charge is 0.481 e. The average molecular weight is 242 g/mol. The van der Waals surface area contributed by atoms with Crippen LogP contribution in [-0.2, 0) is 23.9 Å². The summed E-state index contributed by atoms with van der Waals surface area (Å²) in [6.45, 7) is 4.55. The molecular weight excluding hydrogens is 232 g/mol. The molecule has 2 N–H and O–H groups in total. The predicted molar refractivity (Wildman–Crippen MR) is 53.9 cm³/mol. The van der Waals surface area contributed by atoms with Gasteiger partial charge in [-0.05, 0) is 6.92 Å². The molecule has 0 fully saturated rings. The van der Waals surface area contributed by atoms with Crippen molar-refractivity contribution in [2.75, 3.05) is 0 Å². The first-order valence-corrected chi connectivity index (χ1v) is 4.31. The van der Waals surface area contributed by atoms with Gasteiger partial charge < -0.3 is 14.9 Å². The van der Waals surface area contributed by atoms with Gasteiger partial charge in [-0.15, -0.1) is 0 Å². The van der Waals surface area contributed by atoms with Gasteiger partial charge in [0.15, 0.2) is 0 Å². The van der Waals surface area contributed by atoms with Crippen LogP contribution in [0.3, 0.4) is 0 Å². The number of aliphatic carboxylic acids is 2. The van der Waals surface area contributed by atoms with E-state index in [1.54, 1.807) is 0 Å². The van der Waals surface area contributed by atoms with Gasteiger partial charge in [0.05, 0.1) is 6.42 Å². The first-order valence-electron chi connectivity index (χ1n) is 4.31. The van der Waals surface area contributed by atoms with Crippen LogP contribution in [0.15, 0.2) is 23.8 Å². The zero-order valence-corrected chi connectivity index (χ0v) is 8.93. The van der Waals surface area contributed by atoms with Crippen molar-refractivity contribution >= 4 is 23.9 Å². The first kappa shape index (κ1) is 14.6. The number of hydrogen-bond donors (Lipinski definition) is 2. The van der Waals surface area contributed by atoms with Crippen LogP contribution >= 0.6 is 0 Å². The van der Waals surface area contributed by atoms with E-state index in [-0.39, 0.29) is 5.57 Å². The molecule has 92 valence electrons. The first-order chi connectivity index (χ1) is 7.73. The van der Waals surface area contributed by atoms with Crippen molar-refractivity contribution in [3.8, 4) is 0 Å². The fraction of sp³-hybridized carbons (Fsp3) is 0.200. The maximum absolute atomic E-state index is 10.3. The van der Waals surface area contributed by atoms with Crippen molar-refractivity contribution in [1.82, 2.24) is 0 Å². The molecule has 17 heavy (non-hydrogen) atoms. The molecule has 0 radical (unpaired) electrons. The lowest BCUT2D eigenvalue weighted by atomic mass is 10.2. The van der Waals surface area contributed by atoms with Crippen molar-refractivity contribution in [1.29, 1.82) is 0 Å². The minimum absolute atomic E-state index is 0.303. The predicted octanol–water partition coefficient (Wildman–Crippen LogP) is 0.118. The summed E-state index contributed by atoms with van der Waals surface area (Å²) in [5.74, 6) is -3.54. The fourth-order valence-corrected chi connectivity index (χ4v) is 0.695. The molecule has 0 amide bonds. The number of carboxylic acids is 2. The normalized spacial score (nSPS) is 13.1. The molecule has 0 aromatic heterocycles. The number of ether oxygens (including phenoxy) is 1. The third-order valence-electron chi connectivity index (χ3n) is 1.52. The Morgan fingerprint density at radius 1 is 1.35 bits per heavy atom. The third kappa shape index (κ3) is 5.88. The van der Waals surface area contributed by atoms with E-state index in [4.69, 9.17) is 10.2 Å². The second-order valence-electron chi connectivity index (χ2n) is 3.02. The van der Waals surface area contributed by atoms with E-state index in [9.17, 15) is 19.2 Å². The summed E-state index contributed by atoms with van der Waals surface area (Å²) < 4.78 is 4.10. The smallest absolute Gasteiger partial charge is 0.341 e. The van der Waals surface area contributed by atoms with Crippen molar-refractivity contribution < 1.29 is 34.1 Å². The maximum atomic E-state index is 10.3. The summed E-state index contributed by atoms with van der Waals surface area (Å²) in [4.78, 5) is 40.1. The third-order valence-corrected chi connectivity index (χ3v) is 1.52. The van der Waals surface area contributed by atoms with Gasteiger partial charge in [-0.3, -0.25) is 4.79 Å². The average Bonchev–Trinajstić information content (AvgIpc) is 2.43. The highest BCUT2D eigenvalue weighted by molar-refractivity contribution is 6.08. The maximum Gasteiger partial charge on any atom is 0.341 e. The monoisotopic (exact) mass is 242 g/mol. The van der Waals surface area contributed by atoms with E-state index >= 15 is 0 Å². The molecule has 1 rings (SSSR count). The molecule has 0 spiro atoms. The zero-order valence-electron chi connectivity index (χ0n) is 8.93. The molecule has 0 saturated carbocycles. The van der Waals surface area contributed by atoms with Crippen molar-refractivity contribution in [2.24, 2.45) is 0 Å². The summed E-state index contributed by atoms with van der Waals surface area (Å²) in [5.41, 5.74) is 0.0671. The van der Waals surface area contributed by atoms with Crippen molar-refractivity contribution in [3.05, 3.63) is 23.8 Å². The summed E-state index contributed by atoms with van der Waals surface area (Å²) in [7, 11) is 0. The molecule has 7 nitrogen and oxygen atoms in total. The summed E-state index contributed by atoms with van der Waals surface area (Å²) in [6.07, 6.45) is 0.664. The highest BCUT2D eigenvalue weighted by Gasteiger charge is 2.18. The van der Waals surface area contributed by atoms with Gasteiger partial charge in [0.2, 0.25) is 0 Å². The standard InChI is InChI=1S/C5H6O4.C5H4O3/c1-3(5(8)9)2-4(6)7;1-3-2-4(6)8-5(3)7/h1-2H2,(H,6,7)(H,8,9);2H,1H3. The number of cyclic esters (lactones) is 2. The number of carbonyl (C=O) groups excluding carboxylic acids is 2.